The van der Waals surface area contributed by atoms with E-state index in [4.69, 9.17) is 4.74 Å². The molecule has 1 amide bonds. The smallest absolute Gasteiger partial charge is 0.270 e. The molecule has 0 saturated carbocycles. The van der Waals surface area contributed by atoms with Crippen molar-refractivity contribution >= 4 is 16.8 Å². The first-order valence-corrected chi connectivity index (χ1v) is 7.41. The average Bonchev–Trinajstić information content (AvgIpc) is 2.91. The summed E-state index contributed by atoms with van der Waals surface area (Å²) in [4.78, 5) is 19.9. The highest BCUT2D eigenvalue weighted by atomic mass is 16.5. The quantitative estimate of drug-likeness (QED) is 0.938. The fraction of sp³-hybridized carbons (Fsp3) is 0.438. The van der Waals surface area contributed by atoms with Crippen LogP contribution in [0.2, 0.25) is 0 Å². The predicted octanol–water partition coefficient (Wildman–Crippen LogP) is 1.95. The second kappa shape index (κ2) is 5.77. The lowest BCUT2D eigenvalue weighted by Crippen LogP contribution is -2.47. The molecule has 1 aromatic heterocycles. The summed E-state index contributed by atoms with van der Waals surface area (Å²) in [6, 6.07) is 7.77. The lowest BCUT2D eigenvalue weighted by atomic mass is 10.2. The van der Waals surface area contributed by atoms with Gasteiger partial charge in [-0.05, 0) is 38.2 Å². The largest absolute Gasteiger partial charge is 0.494 e. The first kappa shape index (κ1) is 13.9. The number of piperazine rings is 1. The van der Waals surface area contributed by atoms with E-state index in [2.05, 4.69) is 16.9 Å². The van der Waals surface area contributed by atoms with E-state index in [9.17, 15) is 4.79 Å². The van der Waals surface area contributed by atoms with E-state index < -0.39 is 0 Å². The molecule has 1 aromatic carbocycles. The Kier molecular flexibility index (Phi) is 3.84. The molecular weight excluding hydrogens is 266 g/mol. The van der Waals surface area contributed by atoms with Crippen LogP contribution in [0.15, 0.2) is 24.3 Å². The van der Waals surface area contributed by atoms with Crippen LogP contribution in [-0.4, -0.2) is 60.5 Å². The van der Waals surface area contributed by atoms with Crippen molar-refractivity contribution in [1.82, 2.24) is 14.8 Å². The van der Waals surface area contributed by atoms with Crippen molar-refractivity contribution in [3.8, 4) is 5.75 Å². The first-order chi connectivity index (χ1) is 10.2. The molecule has 5 heteroatoms. The summed E-state index contributed by atoms with van der Waals surface area (Å²) in [6.45, 7) is 6.04. The summed E-state index contributed by atoms with van der Waals surface area (Å²) < 4.78 is 5.50. The number of hydrogen-bond donors (Lipinski definition) is 1. The molecule has 0 atom stereocenters. The van der Waals surface area contributed by atoms with Gasteiger partial charge in [0.05, 0.1) is 6.61 Å². The molecule has 2 aromatic rings. The summed E-state index contributed by atoms with van der Waals surface area (Å²) in [5.41, 5.74) is 1.62. The van der Waals surface area contributed by atoms with Crippen molar-refractivity contribution in [3.05, 3.63) is 30.0 Å². The second-order valence-corrected chi connectivity index (χ2v) is 5.46. The molecule has 1 saturated heterocycles. The molecule has 1 fully saturated rings. The topological polar surface area (TPSA) is 48.6 Å². The highest BCUT2D eigenvalue weighted by Gasteiger charge is 2.21. The van der Waals surface area contributed by atoms with E-state index in [0.29, 0.717) is 12.3 Å². The molecule has 5 nitrogen and oxygen atoms in total. The third-order valence-electron chi connectivity index (χ3n) is 3.92. The number of rotatable bonds is 3. The first-order valence-electron chi connectivity index (χ1n) is 7.41. The number of carbonyl (C=O) groups excluding carboxylic acids is 1. The maximum atomic E-state index is 12.5. The molecule has 21 heavy (non-hydrogen) atoms. The van der Waals surface area contributed by atoms with Crippen LogP contribution >= 0.6 is 0 Å². The average molecular weight is 287 g/mol. The SMILES string of the molecule is CCOc1ccc2[nH]c(C(=O)N3CCN(C)CC3)cc2c1. The normalized spacial score (nSPS) is 16.4. The van der Waals surface area contributed by atoms with E-state index in [0.717, 1.165) is 42.8 Å². The molecule has 1 aliphatic rings. The minimum Gasteiger partial charge on any atom is -0.494 e. The number of likely N-dealkylation sites (N-methyl/N-ethyl adjacent to an activating group) is 1. The lowest BCUT2D eigenvalue weighted by molar-refractivity contribution is 0.0659. The van der Waals surface area contributed by atoms with Gasteiger partial charge in [-0.2, -0.15) is 0 Å². The minimum absolute atomic E-state index is 0.0808. The van der Waals surface area contributed by atoms with Crippen LogP contribution in [0.4, 0.5) is 0 Å². The van der Waals surface area contributed by atoms with Crippen molar-refractivity contribution in [3.63, 3.8) is 0 Å². The minimum atomic E-state index is 0.0808. The van der Waals surface area contributed by atoms with Gasteiger partial charge < -0.3 is 19.5 Å². The predicted molar refractivity (Wildman–Crippen MR) is 82.9 cm³/mol. The molecule has 0 aliphatic carbocycles. The van der Waals surface area contributed by atoms with Crippen molar-refractivity contribution in [2.45, 2.75) is 6.92 Å². The lowest BCUT2D eigenvalue weighted by Gasteiger charge is -2.32. The zero-order chi connectivity index (χ0) is 14.8. The van der Waals surface area contributed by atoms with E-state index in [-0.39, 0.29) is 5.91 Å². The van der Waals surface area contributed by atoms with E-state index in [1.165, 1.54) is 0 Å². The van der Waals surface area contributed by atoms with E-state index >= 15 is 0 Å². The maximum Gasteiger partial charge on any atom is 0.270 e. The van der Waals surface area contributed by atoms with Gasteiger partial charge in [0.25, 0.3) is 5.91 Å². The molecule has 2 heterocycles. The number of ether oxygens (including phenoxy) is 1. The number of benzene rings is 1. The van der Waals surface area contributed by atoms with Crippen LogP contribution in [0.5, 0.6) is 5.75 Å². The Bertz CT molecular complexity index is 642. The van der Waals surface area contributed by atoms with Crippen molar-refractivity contribution in [1.29, 1.82) is 0 Å². The van der Waals surface area contributed by atoms with Crippen LogP contribution in [0, 0.1) is 0 Å². The third-order valence-corrected chi connectivity index (χ3v) is 3.92. The van der Waals surface area contributed by atoms with Gasteiger partial charge >= 0.3 is 0 Å². The van der Waals surface area contributed by atoms with Crippen LogP contribution in [0.25, 0.3) is 10.9 Å². The van der Waals surface area contributed by atoms with Gasteiger partial charge in [0.1, 0.15) is 11.4 Å². The van der Waals surface area contributed by atoms with Gasteiger partial charge in [-0.3, -0.25) is 4.79 Å². The third kappa shape index (κ3) is 2.88. The fourth-order valence-electron chi connectivity index (χ4n) is 2.66. The molecule has 0 bridgehead atoms. The van der Waals surface area contributed by atoms with Crippen molar-refractivity contribution < 1.29 is 9.53 Å². The Morgan fingerprint density at radius 1 is 1.24 bits per heavy atom. The Hall–Kier alpha value is -2.01. The highest BCUT2D eigenvalue weighted by Crippen LogP contribution is 2.22. The van der Waals surface area contributed by atoms with Crippen molar-refractivity contribution in [2.24, 2.45) is 0 Å². The Balaban J connectivity index is 1.81. The molecule has 1 aliphatic heterocycles. The fourth-order valence-corrected chi connectivity index (χ4v) is 2.66. The number of fused-ring (bicyclic) bond motifs is 1. The molecular formula is C16H21N3O2. The molecule has 112 valence electrons. The zero-order valence-corrected chi connectivity index (χ0v) is 12.6. The van der Waals surface area contributed by atoms with E-state index in [1.807, 2.05) is 36.1 Å². The number of nitrogens with one attached hydrogen (secondary N) is 1. The summed E-state index contributed by atoms with van der Waals surface area (Å²) >= 11 is 0. The maximum absolute atomic E-state index is 12.5. The summed E-state index contributed by atoms with van der Waals surface area (Å²) in [6.07, 6.45) is 0. The highest BCUT2D eigenvalue weighted by molar-refractivity contribution is 5.98. The van der Waals surface area contributed by atoms with Crippen molar-refractivity contribution in [2.75, 3.05) is 39.8 Å². The Morgan fingerprint density at radius 3 is 2.71 bits per heavy atom. The number of aromatic nitrogens is 1. The number of H-pyrrole nitrogens is 1. The molecule has 1 N–H and O–H groups in total. The Morgan fingerprint density at radius 2 is 2.00 bits per heavy atom. The number of carbonyl (C=O) groups is 1. The van der Waals surface area contributed by atoms with Gasteiger partial charge in [0.15, 0.2) is 0 Å². The standard InChI is InChI=1S/C16H21N3O2/c1-3-21-13-4-5-14-12(10-13)11-15(17-14)16(20)19-8-6-18(2)7-9-19/h4-5,10-11,17H,3,6-9H2,1-2H3. The number of nitrogens with zero attached hydrogens (tertiary/aromatic N) is 2. The van der Waals surface area contributed by atoms with Gasteiger partial charge in [0, 0.05) is 37.1 Å². The molecule has 3 rings (SSSR count). The molecule has 0 radical (unpaired) electrons. The number of hydrogen-bond acceptors (Lipinski definition) is 3. The summed E-state index contributed by atoms with van der Waals surface area (Å²) in [5.74, 6) is 0.917. The molecule has 0 unspecified atom stereocenters. The summed E-state index contributed by atoms with van der Waals surface area (Å²) in [7, 11) is 2.08. The summed E-state index contributed by atoms with van der Waals surface area (Å²) in [5, 5.41) is 1.01. The number of aromatic amines is 1. The second-order valence-electron chi connectivity index (χ2n) is 5.46. The van der Waals surface area contributed by atoms with Gasteiger partial charge in [-0.1, -0.05) is 0 Å². The van der Waals surface area contributed by atoms with Crippen LogP contribution in [0.1, 0.15) is 17.4 Å². The van der Waals surface area contributed by atoms with Gasteiger partial charge in [-0.15, -0.1) is 0 Å². The van der Waals surface area contributed by atoms with Gasteiger partial charge in [0.2, 0.25) is 0 Å². The Labute approximate surface area is 124 Å². The van der Waals surface area contributed by atoms with Crippen LogP contribution in [0.3, 0.4) is 0 Å². The number of amides is 1. The van der Waals surface area contributed by atoms with Crippen LogP contribution < -0.4 is 4.74 Å². The van der Waals surface area contributed by atoms with Gasteiger partial charge in [-0.25, -0.2) is 0 Å². The monoisotopic (exact) mass is 287 g/mol. The zero-order valence-electron chi connectivity index (χ0n) is 12.6. The molecule has 0 spiro atoms. The van der Waals surface area contributed by atoms with Crippen LogP contribution in [-0.2, 0) is 0 Å². The van der Waals surface area contributed by atoms with E-state index in [1.54, 1.807) is 0 Å².